The third-order valence-corrected chi connectivity index (χ3v) is 3.88. The van der Waals surface area contributed by atoms with Gasteiger partial charge in [-0.15, -0.1) is 0 Å². The summed E-state index contributed by atoms with van der Waals surface area (Å²) in [6, 6.07) is 8.13. The fourth-order valence-electron chi connectivity index (χ4n) is 2.70. The Morgan fingerprint density at radius 1 is 1.40 bits per heavy atom. The first-order valence-corrected chi connectivity index (χ1v) is 7.36. The van der Waals surface area contributed by atoms with Crippen molar-refractivity contribution in [3.63, 3.8) is 0 Å². The van der Waals surface area contributed by atoms with E-state index in [-0.39, 0.29) is 0 Å². The number of likely N-dealkylation sites (tertiary alicyclic amines) is 1. The Morgan fingerprint density at radius 3 is 3.05 bits per heavy atom. The average molecular weight is 273 g/mol. The van der Waals surface area contributed by atoms with Crippen LogP contribution in [0.4, 0.5) is 0 Å². The topological polar surface area (TPSA) is 40.5 Å². The molecule has 1 unspecified atom stereocenters. The Hall–Kier alpha value is -1.61. The van der Waals surface area contributed by atoms with Crippen LogP contribution in [0, 0.1) is 5.92 Å². The summed E-state index contributed by atoms with van der Waals surface area (Å²) in [6.45, 7) is 5.62. The highest BCUT2D eigenvalue weighted by Crippen LogP contribution is 2.18. The van der Waals surface area contributed by atoms with Crippen LogP contribution < -0.4 is 0 Å². The molecule has 1 aliphatic rings. The Bertz CT molecular complexity index is 482. The lowest BCUT2D eigenvalue weighted by atomic mass is 10.0. The van der Waals surface area contributed by atoms with Gasteiger partial charge < -0.3 is 5.11 Å². The van der Waals surface area contributed by atoms with Crippen molar-refractivity contribution >= 4 is 12.0 Å². The largest absolute Gasteiger partial charge is 0.478 e. The van der Waals surface area contributed by atoms with Crippen LogP contribution in [0.25, 0.3) is 6.08 Å². The molecule has 3 heteroatoms. The number of hydrogen-bond acceptors (Lipinski definition) is 2. The molecule has 0 aliphatic carbocycles. The number of nitrogens with zero attached hydrogens (tertiary/aromatic N) is 1. The summed E-state index contributed by atoms with van der Waals surface area (Å²) in [5.74, 6) is -0.0678. The molecule has 0 radical (unpaired) electrons. The van der Waals surface area contributed by atoms with Crippen LogP contribution in [0.3, 0.4) is 0 Å². The van der Waals surface area contributed by atoms with Gasteiger partial charge in [0.2, 0.25) is 0 Å². The van der Waals surface area contributed by atoms with Crippen molar-refractivity contribution in [1.82, 2.24) is 4.90 Å². The van der Waals surface area contributed by atoms with Crippen LogP contribution in [-0.2, 0) is 11.3 Å². The summed E-state index contributed by atoms with van der Waals surface area (Å²) in [6.07, 6.45) is 6.72. The van der Waals surface area contributed by atoms with Crippen LogP contribution in [-0.4, -0.2) is 29.1 Å². The number of carboxylic acids is 1. The van der Waals surface area contributed by atoms with E-state index in [9.17, 15) is 4.79 Å². The summed E-state index contributed by atoms with van der Waals surface area (Å²) in [4.78, 5) is 13.1. The van der Waals surface area contributed by atoms with Gasteiger partial charge in [0, 0.05) is 12.6 Å². The molecule has 0 aromatic heterocycles. The molecular weight excluding hydrogens is 250 g/mol. The first-order valence-electron chi connectivity index (χ1n) is 7.36. The zero-order valence-electron chi connectivity index (χ0n) is 12.1. The molecule has 20 heavy (non-hydrogen) atoms. The van der Waals surface area contributed by atoms with Crippen molar-refractivity contribution in [2.24, 2.45) is 5.92 Å². The number of hydrogen-bond donors (Lipinski definition) is 1. The highest BCUT2D eigenvalue weighted by molar-refractivity contribution is 5.85. The predicted octanol–water partition coefficient (Wildman–Crippen LogP) is 3.41. The molecule has 1 aliphatic heterocycles. The lowest BCUT2D eigenvalue weighted by molar-refractivity contribution is -0.131. The van der Waals surface area contributed by atoms with E-state index in [4.69, 9.17) is 5.11 Å². The molecule has 108 valence electrons. The molecule has 3 nitrogen and oxygen atoms in total. The second kappa shape index (κ2) is 7.25. The molecule has 1 aromatic carbocycles. The zero-order valence-corrected chi connectivity index (χ0v) is 12.1. The Labute approximate surface area is 120 Å². The molecule has 2 rings (SSSR count). The fourth-order valence-corrected chi connectivity index (χ4v) is 2.70. The second-order valence-electron chi connectivity index (χ2n) is 5.73. The monoisotopic (exact) mass is 273 g/mol. The van der Waals surface area contributed by atoms with Gasteiger partial charge in [-0.25, -0.2) is 4.79 Å². The average Bonchev–Trinajstić information content (AvgIpc) is 2.62. The van der Waals surface area contributed by atoms with E-state index in [1.54, 1.807) is 6.08 Å². The van der Waals surface area contributed by atoms with Gasteiger partial charge in [0.05, 0.1) is 0 Å². The number of benzene rings is 1. The molecule has 1 saturated heterocycles. The van der Waals surface area contributed by atoms with E-state index in [1.165, 1.54) is 37.4 Å². The van der Waals surface area contributed by atoms with Crippen LogP contribution in [0.1, 0.15) is 37.3 Å². The molecule has 1 atom stereocenters. The van der Waals surface area contributed by atoms with Gasteiger partial charge in [0.1, 0.15) is 0 Å². The smallest absolute Gasteiger partial charge is 0.328 e. The van der Waals surface area contributed by atoms with E-state index < -0.39 is 5.97 Å². The lowest BCUT2D eigenvalue weighted by Crippen LogP contribution is -2.24. The molecule has 1 N–H and O–H groups in total. The predicted molar refractivity (Wildman–Crippen MR) is 81.4 cm³/mol. The van der Waals surface area contributed by atoms with Crippen LogP contribution in [0.5, 0.6) is 0 Å². The molecule has 0 spiro atoms. The van der Waals surface area contributed by atoms with E-state index in [0.717, 1.165) is 24.6 Å². The molecule has 0 bridgehead atoms. The molecule has 1 fully saturated rings. The number of aliphatic carboxylic acids is 1. The van der Waals surface area contributed by atoms with E-state index >= 15 is 0 Å². The SMILES string of the molecule is CC1CCCN(Cc2cccc(C=CC(=O)O)c2)CC1. The van der Waals surface area contributed by atoms with E-state index in [1.807, 2.05) is 12.1 Å². The minimum Gasteiger partial charge on any atom is -0.478 e. The van der Waals surface area contributed by atoms with Crippen molar-refractivity contribution < 1.29 is 9.90 Å². The Kier molecular flexibility index (Phi) is 5.36. The second-order valence-corrected chi connectivity index (χ2v) is 5.73. The first kappa shape index (κ1) is 14.8. The van der Waals surface area contributed by atoms with E-state index in [2.05, 4.69) is 24.0 Å². The van der Waals surface area contributed by atoms with Crippen molar-refractivity contribution in [2.45, 2.75) is 32.7 Å². The summed E-state index contributed by atoms with van der Waals surface area (Å²) in [5.41, 5.74) is 2.21. The number of carboxylic acid groups (broad SMARTS) is 1. The quantitative estimate of drug-likeness (QED) is 0.855. The summed E-state index contributed by atoms with van der Waals surface area (Å²) in [7, 11) is 0. The lowest BCUT2D eigenvalue weighted by Gasteiger charge is -2.20. The maximum atomic E-state index is 10.5. The van der Waals surface area contributed by atoms with Crippen molar-refractivity contribution in [3.05, 3.63) is 41.5 Å². The van der Waals surface area contributed by atoms with Gasteiger partial charge in [-0.1, -0.05) is 31.2 Å². The number of carbonyl (C=O) groups is 1. The summed E-state index contributed by atoms with van der Waals surface area (Å²) >= 11 is 0. The molecular formula is C17H23NO2. The molecule has 1 heterocycles. The van der Waals surface area contributed by atoms with Gasteiger partial charge in [-0.05, 0) is 55.5 Å². The summed E-state index contributed by atoms with van der Waals surface area (Å²) in [5, 5.41) is 8.67. The Morgan fingerprint density at radius 2 is 2.25 bits per heavy atom. The first-order chi connectivity index (χ1) is 9.63. The standard InChI is InChI=1S/C17H23NO2/c1-14-4-3-10-18(11-9-14)13-16-6-2-5-15(12-16)7-8-17(19)20/h2,5-8,12,14H,3-4,9-11,13H2,1H3,(H,19,20). The molecule has 0 saturated carbocycles. The maximum absolute atomic E-state index is 10.5. The van der Waals surface area contributed by atoms with Gasteiger partial charge in [-0.3, -0.25) is 4.90 Å². The van der Waals surface area contributed by atoms with Crippen LogP contribution >= 0.6 is 0 Å². The highest BCUT2D eigenvalue weighted by atomic mass is 16.4. The fraction of sp³-hybridized carbons (Fsp3) is 0.471. The maximum Gasteiger partial charge on any atom is 0.328 e. The van der Waals surface area contributed by atoms with Crippen molar-refractivity contribution in [1.29, 1.82) is 0 Å². The van der Waals surface area contributed by atoms with E-state index in [0.29, 0.717) is 0 Å². The van der Waals surface area contributed by atoms with Crippen molar-refractivity contribution in [3.8, 4) is 0 Å². The third kappa shape index (κ3) is 4.82. The minimum absolute atomic E-state index is 0.838. The van der Waals surface area contributed by atoms with Gasteiger partial charge >= 0.3 is 5.97 Å². The zero-order chi connectivity index (χ0) is 14.4. The van der Waals surface area contributed by atoms with Gasteiger partial charge in [-0.2, -0.15) is 0 Å². The van der Waals surface area contributed by atoms with Gasteiger partial charge in [0.25, 0.3) is 0 Å². The minimum atomic E-state index is -0.906. The normalized spacial score (nSPS) is 20.9. The van der Waals surface area contributed by atoms with Gasteiger partial charge in [0.15, 0.2) is 0 Å². The third-order valence-electron chi connectivity index (χ3n) is 3.88. The number of rotatable bonds is 4. The van der Waals surface area contributed by atoms with Crippen LogP contribution in [0.2, 0.25) is 0 Å². The Balaban J connectivity index is 1.98. The molecule has 0 amide bonds. The summed E-state index contributed by atoms with van der Waals surface area (Å²) < 4.78 is 0. The highest BCUT2D eigenvalue weighted by Gasteiger charge is 2.13. The molecule has 1 aromatic rings. The van der Waals surface area contributed by atoms with Crippen LogP contribution in [0.15, 0.2) is 30.3 Å². The van der Waals surface area contributed by atoms with Crippen molar-refractivity contribution in [2.75, 3.05) is 13.1 Å².